The number of rotatable bonds is 3. The van der Waals surface area contributed by atoms with Crippen molar-refractivity contribution in [3.63, 3.8) is 0 Å². The van der Waals surface area contributed by atoms with Gasteiger partial charge in [0.05, 0.1) is 6.54 Å². The molecule has 1 N–H and O–H groups in total. The number of nitrogens with one attached hydrogen (secondary N) is 1. The molecular weight excluding hydrogens is 240 g/mol. The van der Waals surface area contributed by atoms with Gasteiger partial charge in [-0.1, -0.05) is 6.92 Å². The number of hydroxylamine groups is 2. The Morgan fingerprint density at radius 2 is 2.32 bits per heavy atom. The molecule has 102 valence electrons. The Morgan fingerprint density at radius 3 is 3.16 bits per heavy atom. The third kappa shape index (κ3) is 2.36. The largest absolute Gasteiger partial charge is 0.785 e. The van der Waals surface area contributed by atoms with E-state index in [1.54, 1.807) is 0 Å². The predicted octanol–water partition coefficient (Wildman–Crippen LogP) is 1.77. The van der Waals surface area contributed by atoms with Crippen LogP contribution in [0.25, 0.3) is 5.57 Å². The Balaban J connectivity index is 1.96. The van der Waals surface area contributed by atoms with Crippen LogP contribution in [0.2, 0.25) is 0 Å². The smallest absolute Gasteiger partial charge is 0.150 e. The minimum absolute atomic E-state index is 0.522. The molecule has 0 amide bonds. The number of nitrogens with zero attached hydrogens (tertiary/aromatic N) is 3. The highest BCUT2D eigenvalue weighted by Crippen LogP contribution is 2.36. The molecule has 19 heavy (non-hydrogen) atoms. The van der Waals surface area contributed by atoms with E-state index in [9.17, 15) is 5.21 Å². The van der Waals surface area contributed by atoms with Crippen molar-refractivity contribution in [3.05, 3.63) is 34.7 Å². The molecule has 1 aromatic rings. The second-order valence-corrected chi connectivity index (χ2v) is 5.06. The number of fused-ring (bicyclic) bond motifs is 2. The fourth-order valence-electron chi connectivity index (χ4n) is 2.76. The first-order valence-electron chi connectivity index (χ1n) is 6.89. The quantitative estimate of drug-likeness (QED) is 0.896. The monoisotopic (exact) mass is 259 g/mol. The number of aromatic nitrogens is 1. The number of hydrogen-bond donors (Lipinski definition) is 1. The second-order valence-electron chi connectivity index (χ2n) is 5.06. The van der Waals surface area contributed by atoms with Crippen molar-refractivity contribution in [3.8, 4) is 0 Å². The number of pyridine rings is 1. The van der Waals surface area contributed by atoms with Crippen LogP contribution in [-0.2, 0) is 0 Å². The first kappa shape index (κ1) is 12.6. The van der Waals surface area contributed by atoms with Crippen LogP contribution in [0.3, 0.4) is 0 Å². The molecular formula is C14H19N4O-. The zero-order chi connectivity index (χ0) is 13.2. The highest BCUT2D eigenvalue weighted by molar-refractivity contribution is 5.81. The summed E-state index contributed by atoms with van der Waals surface area (Å²) in [4.78, 5) is 4.50. The third-order valence-corrected chi connectivity index (χ3v) is 3.67. The average molecular weight is 259 g/mol. The van der Waals surface area contributed by atoms with Gasteiger partial charge in [-0.15, -0.1) is 0 Å². The van der Waals surface area contributed by atoms with E-state index in [0.29, 0.717) is 13.1 Å². The highest BCUT2D eigenvalue weighted by Gasteiger charge is 2.26. The van der Waals surface area contributed by atoms with E-state index < -0.39 is 0 Å². The lowest BCUT2D eigenvalue weighted by molar-refractivity contribution is 0.397. The van der Waals surface area contributed by atoms with Crippen LogP contribution in [0.15, 0.2) is 23.9 Å². The van der Waals surface area contributed by atoms with Gasteiger partial charge in [0.15, 0.2) is 5.82 Å². The molecule has 0 aliphatic carbocycles. The summed E-state index contributed by atoms with van der Waals surface area (Å²) < 4.78 is 0. The van der Waals surface area contributed by atoms with Crippen LogP contribution in [0.5, 0.6) is 0 Å². The van der Waals surface area contributed by atoms with Crippen LogP contribution >= 0.6 is 0 Å². The molecule has 0 radical (unpaired) electrons. The van der Waals surface area contributed by atoms with Gasteiger partial charge >= 0.3 is 0 Å². The maximum Gasteiger partial charge on any atom is 0.150 e. The van der Waals surface area contributed by atoms with Crippen molar-refractivity contribution in [1.29, 1.82) is 0 Å². The molecule has 5 heteroatoms. The lowest BCUT2D eigenvalue weighted by atomic mass is 9.91. The van der Waals surface area contributed by atoms with Gasteiger partial charge in [-0.3, -0.25) is 5.01 Å². The fourth-order valence-corrected chi connectivity index (χ4v) is 2.76. The Morgan fingerprint density at radius 1 is 1.42 bits per heavy atom. The van der Waals surface area contributed by atoms with E-state index in [-0.39, 0.29) is 0 Å². The molecule has 2 aliphatic heterocycles. The molecule has 3 rings (SSSR count). The summed E-state index contributed by atoms with van der Waals surface area (Å²) >= 11 is 0. The number of anilines is 1. The van der Waals surface area contributed by atoms with E-state index in [1.165, 1.54) is 16.7 Å². The van der Waals surface area contributed by atoms with Crippen molar-refractivity contribution in [2.75, 3.05) is 31.2 Å². The molecule has 1 aromatic heterocycles. The van der Waals surface area contributed by atoms with Crippen LogP contribution < -0.4 is 10.4 Å². The van der Waals surface area contributed by atoms with E-state index in [1.807, 2.05) is 12.3 Å². The van der Waals surface area contributed by atoms with Gasteiger partial charge in [-0.05, 0) is 42.7 Å². The summed E-state index contributed by atoms with van der Waals surface area (Å²) in [5.74, 6) is 0.994. The lowest BCUT2D eigenvalue weighted by Crippen LogP contribution is -2.45. The van der Waals surface area contributed by atoms with Gasteiger partial charge in [0.25, 0.3) is 0 Å². The molecule has 0 aromatic carbocycles. The molecule has 0 atom stereocenters. The van der Waals surface area contributed by atoms with E-state index in [4.69, 9.17) is 0 Å². The molecule has 2 aliphatic rings. The number of hydrogen-bond acceptors (Lipinski definition) is 5. The lowest BCUT2D eigenvalue weighted by Gasteiger charge is -2.41. The van der Waals surface area contributed by atoms with Crippen molar-refractivity contribution >= 4 is 11.4 Å². The Hall–Kier alpha value is -1.43. The summed E-state index contributed by atoms with van der Waals surface area (Å²) in [5.41, 5.74) is 7.12. The molecule has 0 saturated carbocycles. The summed E-state index contributed by atoms with van der Waals surface area (Å²) in [5, 5.41) is 14.8. The van der Waals surface area contributed by atoms with E-state index in [0.717, 1.165) is 36.8 Å². The Kier molecular flexibility index (Phi) is 3.50. The summed E-state index contributed by atoms with van der Waals surface area (Å²) in [6.45, 7) is 4.93. The minimum atomic E-state index is 0.522. The normalized spacial score (nSPS) is 19.4. The predicted molar refractivity (Wildman–Crippen MR) is 76.4 cm³/mol. The maximum absolute atomic E-state index is 11.6. The van der Waals surface area contributed by atoms with E-state index >= 15 is 0 Å². The molecule has 0 spiro atoms. The molecule has 0 bridgehead atoms. The average Bonchev–Trinajstić information content (AvgIpc) is 2.44. The standard InChI is InChI=1S/C14H19N4O/c1-2-6-16-18-10-11-9-17(19)8-5-12(11)13-4-3-7-15-14(13)18/h3-4,7,16H,2,5-6,8-10H2,1H3/q-1. The molecule has 3 heterocycles. The Labute approximate surface area is 113 Å². The number of hydrazine groups is 1. The first-order valence-corrected chi connectivity index (χ1v) is 6.89. The Bertz CT molecular complexity index is 500. The van der Waals surface area contributed by atoms with Crippen LogP contribution in [-0.4, -0.2) is 36.2 Å². The highest BCUT2D eigenvalue weighted by atomic mass is 16.5. The minimum Gasteiger partial charge on any atom is -0.785 e. The summed E-state index contributed by atoms with van der Waals surface area (Å²) in [6, 6.07) is 4.08. The van der Waals surface area contributed by atoms with Crippen LogP contribution in [0.4, 0.5) is 5.82 Å². The zero-order valence-electron chi connectivity index (χ0n) is 11.2. The van der Waals surface area contributed by atoms with Gasteiger partial charge in [0.2, 0.25) is 0 Å². The summed E-state index contributed by atoms with van der Waals surface area (Å²) in [6.07, 6.45) is 3.73. The van der Waals surface area contributed by atoms with Crippen LogP contribution in [0.1, 0.15) is 25.3 Å². The molecule has 5 nitrogen and oxygen atoms in total. The molecule has 0 unspecified atom stereocenters. The molecule has 0 fully saturated rings. The van der Waals surface area contributed by atoms with Gasteiger partial charge in [-0.25, -0.2) is 10.4 Å². The topological polar surface area (TPSA) is 54.5 Å². The van der Waals surface area contributed by atoms with Gasteiger partial charge < -0.3 is 10.3 Å². The van der Waals surface area contributed by atoms with Gasteiger partial charge in [0.1, 0.15) is 0 Å². The second kappa shape index (κ2) is 5.28. The van der Waals surface area contributed by atoms with Gasteiger partial charge in [0, 0.05) is 24.8 Å². The van der Waals surface area contributed by atoms with Gasteiger partial charge in [-0.2, -0.15) is 0 Å². The first-order chi connectivity index (χ1) is 9.29. The summed E-state index contributed by atoms with van der Waals surface area (Å²) in [7, 11) is 0. The van der Waals surface area contributed by atoms with Crippen molar-refractivity contribution in [2.45, 2.75) is 19.8 Å². The zero-order valence-corrected chi connectivity index (χ0v) is 11.2. The van der Waals surface area contributed by atoms with E-state index in [2.05, 4.69) is 28.4 Å². The fraction of sp³-hybridized carbons (Fsp3) is 0.500. The van der Waals surface area contributed by atoms with Crippen molar-refractivity contribution in [1.82, 2.24) is 15.5 Å². The third-order valence-electron chi connectivity index (χ3n) is 3.67. The molecule has 0 saturated heterocycles. The maximum atomic E-state index is 11.6. The van der Waals surface area contributed by atoms with Crippen molar-refractivity contribution < 1.29 is 0 Å². The SMILES string of the molecule is CCCNN1CC2=C(CCN([O-])C2)c2cccnc21. The van der Waals surface area contributed by atoms with Crippen molar-refractivity contribution in [2.24, 2.45) is 0 Å². The van der Waals surface area contributed by atoms with Crippen LogP contribution in [0, 0.1) is 5.21 Å².